The highest BCUT2D eigenvalue weighted by Gasteiger charge is 2.04. The lowest BCUT2D eigenvalue weighted by molar-refractivity contribution is 0.529. The zero-order valence-electron chi connectivity index (χ0n) is 7.87. The highest BCUT2D eigenvalue weighted by Crippen LogP contribution is 2.14. The zero-order chi connectivity index (χ0) is 9.26. The van der Waals surface area contributed by atoms with E-state index in [1.54, 1.807) is 0 Å². The van der Waals surface area contributed by atoms with Crippen LogP contribution in [0.1, 0.15) is 25.3 Å². The number of pyridine rings is 1. The van der Waals surface area contributed by atoms with Gasteiger partial charge in [0.15, 0.2) is 5.89 Å². The molecule has 3 nitrogen and oxygen atoms in total. The fraction of sp³-hybridized carbons (Fsp3) is 0.400. The number of fused-ring (bicyclic) bond motifs is 1. The molecule has 0 spiro atoms. The number of nitrogens with zero attached hydrogens (tertiary/aromatic N) is 2. The fourth-order valence-corrected chi connectivity index (χ4v) is 1.25. The summed E-state index contributed by atoms with van der Waals surface area (Å²) in [7, 11) is 0. The minimum Gasteiger partial charge on any atom is -0.422 e. The van der Waals surface area contributed by atoms with Crippen LogP contribution in [0.3, 0.4) is 0 Å². The lowest BCUT2D eigenvalue weighted by atomic mass is 10.2. The van der Waals surface area contributed by atoms with Crippen LogP contribution in [-0.4, -0.2) is 9.97 Å². The van der Waals surface area contributed by atoms with Crippen LogP contribution < -0.4 is 0 Å². The SMILES string of the molecule is CCc1cnc2oc(CC)nc2c1. The van der Waals surface area contributed by atoms with Gasteiger partial charge in [0.1, 0.15) is 5.52 Å². The Balaban J connectivity index is 2.57. The predicted molar refractivity (Wildman–Crippen MR) is 50.6 cm³/mol. The van der Waals surface area contributed by atoms with E-state index in [1.165, 1.54) is 5.56 Å². The molecule has 0 aliphatic rings. The van der Waals surface area contributed by atoms with Gasteiger partial charge in [0.05, 0.1) is 0 Å². The van der Waals surface area contributed by atoms with Crippen molar-refractivity contribution in [2.24, 2.45) is 0 Å². The topological polar surface area (TPSA) is 38.9 Å². The van der Waals surface area contributed by atoms with Crippen molar-refractivity contribution in [1.82, 2.24) is 9.97 Å². The summed E-state index contributed by atoms with van der Waals surface area (Å²) >= 11 is 0. The smallest absolute Gasteiger partial charge is 0.246 e. The molecule has 0 aliphatic heterocycles. The first-order valence-corrected chi connectivity index (χ1v) is 4.57. The summed E-state index contributed by atoms with van der Waals surface area (Å²) in [4.78, 5) is 8.50. The van der Waals surface area contributed by atoms with Crippen molar-refractivity contribution in [3.8, 4) is 0 Å². The molecular formula is C10H12N2O. The Morgan fingerprint density at radius 2 is 2.15 bits per heavy atom. The monoisotopic (exact) mass is 176 g/mol. The summed E-state index contributed by atoms with van der Waals surface area (Å²) in [5.41, 5.74) is 2.72. The highest BCUT2D eigenvalue weighted by atomic mass is 16.4. The molecule has 68 valence electrons. The van der Waals surface area contributed by atoms with Gasteiger partial charge in [-0.05, 0) is 18.1 Å². The number of hydrogen-bond donors (Lipinski definition) is 0. The van der Waals surface area contributed by atoms with Gasteiger partial charge in [-0.2, -0.15) is 0 Å². The number of rotatable bonds is 2. The number of aromatic nitrogens is 2. The maximum atomic E-state index is 5.39. The van der Waals surface area contributed by atoms with Gasteiger partial charge in [0.25, 0.3) is 0 Å². The van der Waals surface area contributed by atoms with Crippen LogP contribution >= 0.6 is 0 Å². The van der Waals surface area contributed by atoms with E-state index >= 15 is 0 Å². The van der Waals surface area contributed by atoms with Crippen LogP contribution in [0, 0.1) is 0 Å². The van der Waals surface area contributed by atoms with Gasteiger partial charge in [0, 0.05) is 12.6 Å². The molecule has 0 atom stereocenters. The Morgan fingerprint density at radius 1 is 1.31 bits per heavy atom. The van der Waals surface area contributed by atoms with Crippen molar-refractivity contribution in [1.29, 1.82) is 0 Å². The Morgan fingerprint density at radius 3 is 2.85 bits per heavy atom. The Bertz CT molecular complexity index is 418. The van der Waals surface area contributed by atoms with Crippen LogP contribution in [0.25, 0.3) is 11.2 Å². The minimum absolute atomic E-state index is 0.647. The molecule has 2 aromatic rings. The van der Waals surface area contributed by atoms with Gasteiger partial charge in [-0.3, -0.25) is 0 Å². The third kappa shape index (κ3) is 1.41. The Hall–Kier alpha value is -1.38. The zero-order valence-corrected chi connectivity index (χ0v) is 7.87. The van der Waals surface area contributed by atoms with Gasteiger partial charge in [-0.15, -0.1) is 0 Å². The quantitative estimate of drug-likeness (QED) is 0.705. The second-order valence-electron chi connectivity index (χ2n) is 2.98. The fourth-order valence-electron chi connectivity index (χ4n) is 1.25. The van der Waals surface area contributed by atoms with Gasteiger partial charge in [-0.25, -0.2) is 9.97 Å². The van der Waals surface area contributed by atoms with E-state index in [0.717, 1.165) is 24.2 Å². The van der Waals surface area contributed by atoms with E-state index in [2.05, 4.69) is 16.9 Å². The summed E-state index contributed by atoms with van der Waals surface area (Å²) in [6, 6.07) is 2.03. The highest BCUT2D eigenvalue weighted by molar-refractivity contribution is 5.68. The molecule has 2 aromatic heterocycles. The lowest BCUT2D eigenvalue weighted by Gasteiger charge is -1.91. The molecule has 0 aliphatic carbocycles. The van der Waals surface area contributed by atoms with Gasteiger partial charge in [-0.1, -0.05) is 13.8 Å². The first-order valence-electron chi connectivity index (χ1n) is 4.57. The molecule has 0 saturated heterocycles. The molecule has 0 radical (unpaired) electrons. The van der Waals surface area contributed by atoms with Crippen molar-refractivity contribution in [3.05, 3.63) is 23.7 Å². The molecule has 0 bridgehead atoms. The van der Waals surface area contributed by atoms with E-state index < -0.39 is 0 Å². The normalized spacial score (nSPS) is 10.9. The van der Waals surface area contributed by atoms with Crippen LogP contribution in [0.2, 0.25) is 0 Å². The number of oxazole rings is 1. The van der Waals surface area contributed by atoms with Crippen molar-refractivity contribution in [3.63, 3.8) is 0 Å². The van der Waals surface area contributed by atoms with Crippen LogP contribution in [0.15, 0.2) is 16.7 Å². The van der Waals surface area contributed by atoms with E-state index in [-0.39, 0.29) is 0 Å². The predicted octanol–water partition coefficient (Wildman–Crippen LogP) is 2.35. The summed E-state index contributed by atoms with van der Waals surface area (Å²) in [5, 5.41) is 0. The van der Waals surface area contributed by atoms with Gasteiger partial charge >= 0.3 is 0 Å². The van der Waals surface area contributed by atoms with Crippen LogP contribution in [-0.2, 0) is 12.8 Å². The maximum Gasteiger partial charge on any atom is 0.246 e. The summed E-state index contributed by atoms with van der Waals surface area (Å²) < 4.78 is 5.39. The summed E-state index contributed by atoms with van der Waals surface area (Å²) in [6.07, 6.45) is 3.64. The average molecular weight is 176 g/mol. The Kier molecular flexibility index (Phi) is 2.00. The van der Waals surface area contributed by atoms with Gasteiger partial charge < -0.3 is 4.42 Å². The van der Waals surface area contributed by atoms with Crippen molar-refractivity contribution < 1.29 is 4.42 Å². The summed E-state index contributed by atoms with van der Waals surface area (Å²) in [6.45, 7) is 4.12. The Labute approximate surface area is 76.8 Å². The molecule has 0 saturated carbocycles. The minimum atomic E-state index is 0.647. The molecule has 0 fully saturated rings. The van der Waals surface area contributed by atoms with Crippen LogP contribution in [0.4, 0.5) is 0 Å². The average Bonchev–Trinajstić information content (AvgIpc) is 2.58. The number of aryl methyl sites for hydroxylation is 2. The van der Waals surface area contributed by atoms with Crippen molar-refractivity contribution in [2.45, 2.75) is 26.7 Å². The largest absolute Gasteiger partial charge is 0.422 e. The first-order chi connectivity index (χ1) is 6.33. The lowest BCUT2D eigenvalue weighted by Crippen LogP contribution is -1.82. The number of hydrogen-bond acceptors (Lipinski definition) is 3. The molecule has 0 aromatic carbocycles. The molecular weight excluding hydrogens is 164 g/mol. The van der Waals surface area contributed by atoms with Crippen LogP contribution in [0.5, 0.6) is 0 Å². The van der Waals surface area contributed by atoms with E-state index in [1.807, 2.05) is 19.2 Å². The van der Waals surface area contributed by atoms with E-state index in [0.29, 0.717) is 5.71 Å². The molecule has 2 rings (SSSR count). The molecule has 0 N–H and O–H groups in total. The van der Waals surface area contributed by atoms with E-state index in [4.69, 9.17) is 4.42 Å². The van der Waals surface area contributed by atoms with Crippen molar-refractivity contribution in [2.75, 3.05) is 0 Å². The molecule has 2 heterocycles. The van der Waals surface area contributed by atoms with E-state index in [9.17, 15) is 0 Å². The standard InChI is InChI=1S/C10H12N2O/c1-3-7-5-8-10(11-6-7)13-9(4-2)12-8/h5-6H,3-4H2,1-2H3. The molecule has 13 heavy (non-hydrogen) atoms. The third-order valence-corrected chi connectivity index (χ3v) is 2.06. The first kappa shape index (κ1) is 8.23. The van der Waals surface area contributed by atoms with Gasteiger partial charge in [0.2, 0.25) is 5.71 Å². The maximum absolute atomic E-state index is 5.39. The summed E-state index contributed by atoms with van der Waals surface area (Å²) in [5.74, 6) is 0.760. The second-order valence-corrected chi connectivity index (χ2v) is 2.98. The second kappa shape index (κ2) is 3.17. The molecule has 0 unspecified atom stereocenters. The molecule has 3 heteroatoms. The van der Waals surface area contributed by atoms with Crippen molar-refractivity contribution >= 4 is 11.2 Å². The third-order valence-electron chi connectivity index (χ3n) is 2.06. The molecule has 0 amide bonds.